The molecule has 4 aliphatic carbocycles. The van der Waals surface area contributed by atoms with Gasteiger partial charge in [-0.25, -0.2) is 0 Å². The van der Waals surface area contributed by atoms with Gasteiger partial charge in [0.15, 0.2) is 0 Å². The Balaban J connectivity index is 1.57. The summed E-state index contributed by atoms with van der Waals surface area (Å²) >= 11 is 0. The lowest BCUT2D eigenvalue weighted by molar-refractivity contribution is -0.0866. The second-order valence-electron chi connectivity index (χ2n) is 9.86. The highest BCUT2D eigenvalue weighted by Gasteiger charge is 2.61. The molecule has 0 amide bonds. The molecule has 2 N–H and O–H groups in total. The van der Waals surface area contributed by atoms with Crippen molar-refractivity contribution in [3.05, 3.63) is 11.6 Å². The molecule has 4 rings (SSSR count). The van der Waals surface area contributed by atoms with Crippen LogP contribution in [0, 0.1) is 40.9 Å². The van der Waals surface area contributed by atoms with Gasteiger partial charge in [-0.2, -0.15) is 0 Å². The van der Waals surface area contributed by atoms with Crippen molar-refractivity contribution in [2.45, 2.75) is 70.0 Å². The van der Waals surface area contributed by atoms with E-state index in [1.54, 1.807) is 0 Å². The van der Waals surface area contributed by atoms with Gasteiger partial charge in [0.1, 0.15) is 5.60 Å². The molecule has 0 aromatic carbocycles. The molecule has 4 aliphatic rings. The van der Waals surface area contributed by atoms with Gasteiger partial charge >= 0.3 is 0 Å². The van der Waals surface area contributed by atoms with Crippen molar-refractivity contribution < 1.29 is 10.2 Å². The normalized spacial score (nSPS) is 47.3. The number of nitrogens with zero attached hydrogens (tertiary/aromatic N) is 1. The lowest BCUT2D eigenvalue weighted by atomic mass is 9.50. The van der Waals surface area contributed by atoms with E-state index in [9.17, 15) is 10.2 Å². The van der Waals surface area contributed by atoms with Crippen LogP contribution < -0.4 is 0 Å². The minimum absolute atomic E-state index is 0.0527. The highest BCUT2D eigenvalue weighted by atomic mass is 16.3. The summed E-state index contributed by atoms with van der Waals surface area (Å²) in [4.78, 5) is 2.06. The van der Waals surface area contributed by atoms with Gasteiger partial charge in [0.2, 0.25) is 0 Å². The second-order valence-corrected chi connectivity index (χ2v) is 9.86. The fraction of sp³-hybridized carbons (Fsp3) is 0.826. The number of aliphatic hydroxyl groups is 2. The zero-order chi connectivity index (χ0) is 18.5. The zero-order valence-corrected chi connectivity index (χ0v) is 16.7. The third kappa shape index (κ3) is 2.86. The first-order valence-electron chi connectivity index (χ1n) is 10.6. The summed E-state index contributed by atoms with van der Waals surface area (Å²) in [6.45, 7) is 3.04. The summed E-state index contributed by atoms with van der Waals surface area (Å²) in [6, 6.07) is 0. The van der Waals surface area contributed by atoms with E-state index in [1.165, 1.54) is 18.4 Å². The number of rotatable bonds is 1. The van der Waals surface area contributed by atoms with E-state index in [0.717, 1.165) is 50.4 Å². The van der Waals surface area contributed by atoms with Crippen molar-refractivity contribution in [1.29, 1.82) is 0 Å². The van der Waals surface area contributed by atoms with E-state index < -0.39 is 5.60 Å². The number of hydrogen-bond donors (Lipinski definition) is 2. The van der Waals surface area contributed by atoms with Crippen LogP contribution in [0.25, 0.3) is 0 Å². The third-order valence-electron chi connectivity index (χ3n) is 8.27. The number of hydrogen-bond acceptors (Lipinski definition) is 3. The van der Waals surface area contributed by atoms with Crippen molar-refractivity contribution in [2.24, 2.45) is 29.1 Å². The first-order valence-corrected chi connectivity index (χ1v) is 10.6. The topological polar surface area (TPSA) is 43.7 Å². The average Bonchev–Trinajstić information content (AvgIpc) is 2.85. The minimum Gasteiger partial charge on any atom is -0.389 e. The molecule has 3 heteroatoms. The van der Waals surface area contributed by atoms with Gasteiger partial charge in [0, 0.05) is 5.41 Å². The number of allylic oxidation sites excluding steroid dienone is 1. The molecule has 0 aromatic rings. The van der Waals surface area contributed by atoms with Gasteiger partial charge in [-0.05, 0) is 89.1 Å². The van der Waals surface area contributed by atoms with Crippen LogP contribution in [0.15, 0.2) is 11.6 Å². The van der Waals surface area contributed by atoms with Crippen LogP contribution in [0.2, 0.25) is 0 Å². The average molecular weight is 358 g/mol. The Hall–Kier alpha value is -0.820. The molecule has 7 atom stereocenters. The fourth-order valence-corrected chi connectivity index (χ4v) is 6.88. The van der Waals surface area contributed by atoms with Gasteiger partial charge in [-0.3, -0.25) is 4.90 Å². The first-order chi connectivity index (χ1) is 12.3. The maximum atomic E-state index is 11.5. The van der Waals surface area contributed by atoms with Crippen molar-refractivity contribution in [3.63, 3.8) is 0 Å². The largest absolute Gasteiger partial charge is 0.389 e. The standard InChI is InChI=1S/C23H35NO2/c1-22-12-9-19-18-8-6-17(25)15-16(18)5-7-20(19)21(22)10-13-23(22,26)11-4-14-24(2)3/h15,17-21,25-26H,5-10,12-14H2,1-3H3/t17-,18+,19+,20-,21-,22-,23+/m1/s1. The second kappa shape index (κ2) is 6.66. The predicted molar refractivity (Wildman–Crippen MR) is 104 cm³/mol. The number of aliphatic hydroxyl groups excluding tert-OH is 1. The van der Waals surface area contributed by atoms with Gasteiger partial charge in [-0.15, -0.1) is 0 Å². The monoisotopic (exact) mass is 357 g/mol. The summed E-state index contributed by atoms with van der Waals surface area (Å²) in [6.07, 6.45) is 10.7. The van der Waals surface area contributed by atoms with E-state index in [1.807, 2.05) is 14.1 Å². The van der Waals surface area contributed by atoms with Gasteiger partial charge < -0.3 is 10.2 Å². The molecule has 0 radical (unpaired) electrons. The van der Waals surface area contributed by atoms with Crippen LogP contribution in [0.5, 0.6) is 0 Å². The SMILES string of the molecule is CN(C)CC#C[C@]1(O)CC[C@@H]2[C@@H]3CCC4=C[C@H](O)CC[C@@H]4[C@@H]3CC[C@]21C. The quantitative estimate of drug-likeness (QED) is 0.559. The lowest BCUT2D eigenvalue weighted by Gasteiger charge is -2.55. The Bertz CT molecular complexity index is 644. The van der Waals surface area contributed by atoms with Crippen molar-refractivity contribution in [1.82, 2.24) is 4.90 Å². The molecule has 0 saturated heterocycles. The van der Waals surface area contributed by atoms with Gasteiger partial charge in [0.25, 0.3) is 0 Å². The van der Waals surface area contributed by atoms with Crippen molar-refractivity contribution in [3.8, 4) is 11.8 Å². The lowest BCUT2D eigenvalue weighted by Crippen LogP contribution is -2.52. The summed E-state index contributed by atoms with van der Waals surface area (Å²) in [5.74, 6) is 9.33. The summed E-state index contributed by atoms with van der Waals surface area (Å²) in [5, 5.41) is 21.5. The molecule has 0 aliphatic heterocycles. The molecular formula is C23H35NO2. The van der Waals surface area contributed by atoms with Crippen LogP contribution >= 0.6 is 0 Å². The summed E-state index contributed by atoms with van der Waals surface area (Å²) in [7, 11) is 4.05. The Morgan fingerprint density at radius 1 is 1.12 bits per heavy atom. The summed E-state index contributed by atoms with van der Waals surface area (Å²) < 4.78 is 0. The molecule has 3 saturated carbocycles. The van der Waals surface area contributed by atoms with E-state index in [2.05, 4.69) is 29.7 Å². The van der Waals surface area contributed by atoms with Crippen LogP contribution in [-0.2, 0) is 0 Å². The van der Waals surface area contributed by atoms with Crippen LogP contribution in [0.4, 0.5) is 0 Å². The van der Waals surface area contributed by atoms with E-state index in [4.69, 9.17) is 0 Å². The molecule has 0 aromatic heterocycles. The first kappa shape index (κ1) is 18.5. The number of fused-ring (bicyclic) bond motifs is 5. The molecule has 3 fully saturated rings. The van der Waals surface area contributed by atoms with Crippen LogP contribution in [0.3, 0.4) is 0 Å². The molecule has 144 valence electrons. The smallest absolute Gasteiger partial charge is 0.131 e. The molecule has 0 spiro atoms. The van der Waals surface area contributed by atoms with Crippen molar-refractivity contribution >= 4 is 0 Å². The van der Waals surface area contributed by atoms with E-state index in [0.29, 0.717) is 18.4 Å². The molecular weight excluding hydrogens is 322 g/mol. The minimum atomic E-state index is -0.808. The molecule has 26 heavy (non-hydrogen) atoms. The highest BCUT2D eigenvalue weighted by molar-refractivity contribution is 5.27. The van der Waals surface area contributed by atoms with Crippen LogP contribution in [-0.4, -0.2) is 47.5 Å². The third-order valence-corrected chi connectivity index (χ3v) is 8.27. The van der Waals surface area contributed by atoms with Crippen LogP contribution in [0.1, 0.15) is 58.3 Å². The summed E-state index contributed by atoms with van der Waals surface area (Å²) in [5.41, 5.74) is 0.674. The van der Waals surface area contributed by atoms with E-state index >= 15 is 0 Å². The molecule has 3 nitrogen and oxygen atoms in total. The Kier molecular flexibility index (Phi) is 4.75. The molecule has 0 bridgehead atoms. The Morgan fingerprint density at radius 3 is 2.69 bits per heavy atom. The maximum absolute atomic E-state index is 11.5. The van der Waals surface area contributed by atoms with Crippen molar-refractivity contribution in [2.75, 3.05) is 20.6 Å². The molecule has 0 heterocycles. The zero-order valence-electron chi connectivity index (χ0n) is 16.7. The Morgan fingerprint density at radius 2 is 1.92 bits per heavy atom. The van der Waals surface area contributed by atoms with Gasteiger partial charge in [0.05, 0.1) is 12.6 Å². The van der Waals surface area contributed by atoms with Gasteiger partial charge in [-0.1, -0.05) is 30.4 Å². The molecule has 0 unspecified atom stereocenters. The highest BCUT2D eigenvalue weighted by Crippen LogP contribution is 2.64. The van der Waals surface area contributed by atoms with E-state index in [-0.39, 0.29) is 11.5 Å². The Labute approximate surface area is 158 Å². The predicted octanol–water partition coefficient (Wildman–Crippen LogP) is 3.22. The fourth-order valence-electron chi connectivity index (χ4n) is 6.88. The maximum Gasteiger partial charge on any atom is 0.131 e.